The zero-order valence-electron chi connectivity index (χ0n) is 21.4. The van der Waals surface area contributed by atoms with Crippen LogP contribution in [0, 0.1) is 0 Å². The van der Waals surface area contributed by atoms with E-state index in [0.29, 0.717) is 48.9 Å². The molecule has 1 heterocycles. The van der Waals surface area contributed by atoms with Gasteiger partial charge in [0.15, 0.2) is 0 Å². The first-order valence-corrected chi connectivity index (χ1v) is 13.7. The zero-order valence-corrected chi connectivity index (χ0v) is 23.7. The van der Waals surface area contributed by atoms with Gasteiger partial charge in [-0.2, -0.15) is 0 Å². The number of amides is 2. The number of ether oxygens (including phenoxy) is 1. The molecular formula is C30H31BrClN3O3. The van der Waals surface area contributed by atoms with Gasteiger partial charge in [-0.1, -0.05) is 70.0 Å². The highest BCUT2D eigenvalue weighted by Crippen LogP contribution is 2.20. The second-order valence-electron chi connectivity index (χ2n) is 9.02. The van der Waals surface area contributed by atoms with E-state index in [-0.39, 0.29) is 11.8 Å². The Kier molecular flexibility index (Phi) is 9.98. The maximum Gasteiger partial charge on any atom is 0.255 e. The molecule has 1 saturated heterocycles. The molecule has 0 spiro atoms. The van der Waals surface area contributed by atoms with Crippen molar-refractivity contribution < 1.29 is 14.3 Å². The molecule has 1 aliphatic rings. The van der Waals surface area contributed by atoms with Gasteiger partial charge < -0.3 is 14.5 Å². The minimum absolute atomic E-state index is 0.0501. The highest BCUT2D eigenvalue weighted by atomic mass is 79.9. The third-order valence-electron chi connectivity index (χ3n) is 6.59. The summed E-state index contributed by atoms with van der Waals surface area (Å²) in [5, 5.41) is 0.441. The van der Waals surface area contributed by atoms with Crippen LogP contribution in [0.15, 0.2) is 83.3 Å². The van der Waals surface area contributed by atoms with Crippen molar-refractivity contribution in [3.63, 3.8) is 0 Å². The topological polar surface area (TPSA) is 53.1 Å². The summed E-state index contributed by atoms with van der Waals surface area (Å²) in [6.07, 6.45) is 3.94. The number of benzene rings is 3. The SMILES string of the molecule is COc1ccccc1/C=C/CN(CCN1CCN(C(=O)c2ccc(Br)cc2)CC1)C(=O)c1ccccc1Cl. The fraction of sp³-hybridized carbons (Fsp3) is 0.267. The van der Waals surface area contributed by atoms with Crippen LogP contribution in [0.3, 0.4) is 0 Å². The number of nitrogens with zero attached hydrogens (tertiary/aromatic N) is 3. The van der Waals surface area contributed by atoms with Crippen molar-refractivity contribution >= 4 is 45.4 Å². The number of hydrogen-bond acceptors (Lipinski definition) is 4. The zero-order chi connectivity index (χ0) is 26.9. The van der Waals surface area contributed by atoms with Crippen LogP contribution >= 0.6 is 27.5 Å². The van der Waals surface area contributed by atoms with Crippen molar-refractivity contribution in [3.8, 4) is 5.75 Å². The molecule has 38 heavy (non-hydrogen) atoms. The van der Waals surface area contributed by atoms with Gasteiger partial charge in [0.05, 0.1) is 17.7 Å². The molecule has 198 valence electrons. The molecule has 0 unspecified atom stereocenters. The predicted octanol–water partition coefficient (Wildman–Crippen LogP) is 5.72. The number of piperazine rings is 1. The van der Waals surface area contributed by atoms with Crippen molar-refractivity contribution in [2.24, 2.45) is 0 Å². The van der Waals surface area contributed by atoms with Gasteiger partial charge in [0.25, 0.3) is 11.8 Å². The monoisotopic (exact) mass is 595 g/mol. The molecular weight excluding hydrogens is 566 g/mol. The maximum atomic E-state index is 13.4. The van der Waals surface area contributed by atoms with Crippen LogP contribution in [0.5, 0.6) is 5.75 Å². The van der Waals surface area contributed by atoms with E-state index in [0.717, 1.165) is 28.9 Å². The van der Waals surface area contributed by atoms with Crippen LogP contribution in [-0.2, 0) is 0 Å². The van der Waals surface area contributed by atoms with Gasteiger partial charge in [-0.3, -0.25) is 14.5 Å². The standard InChI is InChI=1S/C30H31BrClN3O3/c1-38-28-11-5-2-7-23(28)8-6-16-34(30(37)26-9-3-4-10-27(26)32)20-17-33-18-21-35(22-19-33)29(36)24-12-14-25(31)15-13-24/h2-15H,16-22H2,1H3/b8-6+. The molecule has 0 bridgehead atoms. The molecule has 8 heteroatoms. The number of hydrogen-bond donors (Lipinski definition) is 0. The van der Waals surface area contributed by atoms with Gasteiger partial charge in [0.1, 0.15) is 5.75 Å². The van der Waals surface area contributed by atoms with E-state index in [2.05, 4.69) is 20.8 Å². The van der Waals surface area contributed by atoms with E-state index in [9.17, 15) is 9.59 Å². The summed E-state index contributed by atoms with van der Waals surface area (Å²) >= 11 is 9.77. The second-order valence-corrected chi connectivity index (χ2v) is 10.3. The number of halogens is 2. The van der Waals surface area contributed by atoms with Crippen molar-refractivity contribution in [2.75, 3.05) is 52.9 Å². The summed E-state index contributed by atoms with van der Waals surface area (Å²) in [6.45, 7) is 4.51. The molecule has 0 saturated carbocycles. The molecule has 0 aliphatic carbocycles. The average Bonchev–Trinajstić information content (AvgIpc) is 2.95. The van der Waals surface area contributed by atoms with Gasteiger partial charge in [0.2, 0.25) is 0 Å². The smallest absolute Gasteiger partial charge is 0.255 e. The lowest BCUT2D eigenvalue weighted by Crippen LogP contribution is -2.50. The minimum Gasteiger partial charge on any atom is -0.496 e. The minimum atomic E-state index is -0.107. The van der Waals surface area contributed by atoms with E-state index in [1.54, 1.807) is 19.2 Å². The molecule has 2 amide bonds. The number of rotatable bonds is 9. The van der Waals surface area contributed by atoms with E-state index in [4.69, 9.17) is 16.3 Å². The van der Waals surface area contributed by atoms with Crippen LogP contribution in [0.4, 0.5) is 0 Å². The highest BCUT2D eigenvalue weighted by molar-refractivity contribution is 9.10. The Morgan fingerprint density at radius 2 is 1.66 bits per heavy atom. The predicted molar refractivity (Wildman–Crippen MR) is 156 cm³/mol. The summed E-state index contributed by atoms with van der Waals surface area (Å²) < 4.78 is 6.39. The molecule has 1 fully saturated rings. The molecule has 4 rings (SSSR count). The van der Waals surface area contributed by atoms with E-state index >= 15 is 0 Å². The van der Waals surface area contributed by atoms with E-state index in [1.807, 2.05) is 82.6 Å². The number of para-hydroxylation sites is 1. The summed E-state index contributed by atoms with van der Waals surface area (Å²) in [5.41, 5.74) is 2.14. The van der Waals surface area contributed by atoms with Gasteiger partial charge >= 0.3 is 0 Å². The quantitative estimate of drug-likeness (QED) is 0.317. The summed E-state index contributed by atoms with van der Waals surface area (Å²) in [4.78, 5) is 32.3. The summed E-state index contributed by atoms with van der Waals surface area (Å²) in [6, 6.07) is 22.4. The first-order valence-electron chi connectivity index (χ1n) is 12.6. The van der Waals surface area contributed by atoms with Gasteiger partial charge in [-0.25, -0.2) is 0 Å². The molecule has 6 nitrogen and oxygen atoms in total. The van der Waals surface area contributed by atoms with Crippen LogP contribution in [0.2, 0.25) is 5.02 Å². The van der Waals surface area contributed by atoms with Crippen molar-refractivity contribution in [1.29, 1.82) is 0 Å². The van der Waals surface area contributed by atoms with Gasteiger partial charge in [-0.05, 0) is 42.5 Å². The Hall–Kier alpha value is -3.13. The summed E-state index contributed by atoms with van der Waals surface area (Å²) in [7, 11) is 1.64. The van der Waals surface area contributed by atoms with Crippen LogP contribution in [-0.4, -0.2) is 79.4 Å². The number of carbonyl (C=O) groups excluding carboxylic acids is 2. The molecule has 0 N–H and O–H groups in total. The summed E-state index contributed by atoms with van der Waals surface area (Å²) in [5.74, 6) is 0.724. The van der Waals surface area contributed by atoms with E-state index in [1.165, 1.54) is 0 Å². The third-order valence-corrected chi connectivity index (χ3v) is 7.45. The molecule has 3 aromatic rings. The molecule has 0 aromatic heterocycles. The van der Waals surface area contributed by atoms with E-state index < -0.39 is 0 Å². The Morgan fingerprint density at radius 3 is 2.37 bits per heavy atom. The molecule has 0 radical (unpaired) electrons. The Balaban J connectivity index is 1.38. The Labute approximate surface area is 237 Å². The Bertz CT molecular complexity index is 1270. The third kappa shape index (κ3) is 7.25. The fourth-order valence-electron chi connectivity index (χ4n) is 4.40. The molecule has 3 aromatic carbocycles. The second kappa shape index (κ2) is 13.6. The average molecular weight is 597 g/mol. The Morgan fingerprint density at radius 1 is 0.974 bits per heavy atom. The molecule has 1 aliphatic heterocycles. The first kappa shape index (κ1) is 27.9. The number of methoxy groups -OCH3 is 1. The van der Waals surface area contributed by atoms with Crippen molar-refractivity contribution in [3.05, 3.63) is 105 Å². The fourth-order valence-corrected chi connectivity index (χ4v) is 4.88. The van der Waals surface area contributed by atoms with Crippen molar-refractivity contribution in [2.45, 2.75) is 0 Å². The normalized spacial score (nSPS) is 14.0. The lowest BCUT2D eigenvalue weighted by atomic mass is 10.1. The van der Waals surface area contributed by atoms with Crippen LogP contribution in [0.25, 0.3) is 6.08 Å². The lowest BCUT2D eigenvalue weighted by molar-refractivity contribution is 0.0609. The lowest BCUT2D eigenvalue weighted by Gasteiger charge is -2.36. The van der Waals surface area contributed by atoms with Crippen molar-refractivity contribution in [1.82, 2.24) is 14.7 Å². The number of carbonyl (C=O) groups is 2. The van der Waals surface area contributed by atoms with Crippen LogP contribution in [0.1, 0.15) is 26.3 Å². The van der Waals surface area contributed by atoms with Crippen LogP contribution < -0.4 is 4.74 Å². The molecule has 0 atom stereocenters. The maximum absolute atomic E-state index is 13.4. The van der Waals surface area contributed by atoms with Gasteiger partial charge in [0, 0.05) is 61.4 Å². The first-order chi connectivity index (χ1) is 18.5. The highest BCUT2D eigenvalue weighted by Gasteiger charge is 2.24. The van der Waals surface area contributed by atoms with Gasteiger partial charge in [-0.15, -0.1) is 0 Å². The largest absolute Gasteiger partial charge is 0.496 e.